The van der Waals surface area contributed by atoms with Gasteiger partial charge in [-0.25, -0.2) is 22.8 Å². The van der Waals surface area contributed by atoms with E-state index in [1.54, 1.807) is 23.4 Å². The van der Waals surface area contributed by atoms with E-state index in [0.29, 0.717) is 55.2 Å². The van der Waals surface area contributed by atoms with E-state index in [1.165, 1.54) is 12.3 Å². The zero-order chi connectivity index (χ0) is 33.5. The van der Waals surface area contributed by atoms with Crippen molar-refractivity contribution in [1.82, 2.24) is 30.0 Å². The van der Waals surface area contributed by atoms with Crippen LogP contribution >= 0.6 is 0 Å². The molecular formula is C32H42FN9O4S. The van der Waals surface area contributed by atoms with Crippen LogP contribution < -0.4 is 15.1 Å². The van der Waals surface area contributed by atoms with Gasteiger partial charge in [0.05, 0.1) is 36.2 Å². The number of rotatable bonds is 10. The van der Waals surface area contributed by atoms with Crippen LogP contribution in [0.5, 0.6) is 0 Å². The van der Waals surface area contributed by atoms with Crippen molar-refractivity contribution >= 4 is 49.9 Å². The lowest BCUT2D eigenvalue weighted by molar-refractivity contribution is -0.126. The maximum atomic E-state index is 14.9. The summed E-state index contributed by atoms with van der Waals surface area (Å²) in [5.74, 6) is 1.95. The van der Waals surface area contributed by atoms with Gasteiger partial charge in [0.2, 0.25) is 11.9 Å². The van der Waals surface area contributed by atoms with Crippen molar-refractivity contribution in [3.63, 3.8) is 0 Å². The molecule has 6 rings (SSSR count). The van der Waals surface area contributed by atoms with E-state index in [0.717, 1.165) is 23.6 Å². The minimum atomic E-state index is -3.12. The Morgan fingerprint density at radius 1 is 1.17 bits per heavy atom. The third kappa shape index (κ3) is 7.00. The molecule has 3 aromatic rings. The molecule has 1 N–H and O–H groups in total. The Labute approximate surface area is 274 Å². The Bertz CT molecular complexity index is 1760. The lowest BCUT2D eigenvalue weighted by Crippen LogP contribution is -2.57. The standard InChI is InChI=1S/C32H42FN9O4S/c1-6-29(43)41-12-7-8-25(41)30-22-14-28(35-15-23(22)31(39-38-30)42-16-21(20(42)4)18-47(5,44)45)36-27-9-11-34-32(37-27)40-13-10-26(24(33)17-40)46-19(2)3/h6,9,11,14-15,19-21,24-26H,1,7-8,10,12-13,16-18H2,2-5H3,(H,34,35,36,37)/t20-,21-,24+,25?,26-/m1/s1. The number of nitrogens with zero attached hydrogens (tertiary/aromatic N) is 8. The van der Waals surface area contributed by atoms with Gasteiger partial charge in [0.25, 0.3) is 0 Å². The summed E-state index contributed by atoms with van der Waals surface area (Å²) in [7, 11) is -3.12. The summed E-state index contributed by atoms with van der Waals surface area (Å²) in [5, 5.41) is 14.1. The Morgan fingerprint density at radius 3 is 2.68 bits per heavy atom. The molecule has 252 valence electrons. The molecule has 6 heterocycles. The second kappa shape index (κ2) is 13.3. The monoisotopic (exact) mass is 667 g/mol. The fourth-order valence-electron chi connectivity index (χ4n) is 6.83. The van der Waals surface area contributed by atoms with Crippen LogP contribution in [0, 0.1) is 5.92 Å². The zero-order valence-corrected chi connectivity index (χ0v) is 28.0. The summed E-state index contributed by atoms with van der Waals surface area (Å²) in [5.41, 5.74) is 0.659. The molecule has 1 amide bonds. The number of hydrogen-bond donors (Lipinski definition) is 1. The predicted molar refractivity (Wildman–Crippen MR) is 178 cm³/mol. The minimum Gasteiger partial charge on any atom is -0.372 e. The molecule has 0 radical (unpaired) electrons. The fourth-order valence-corrected chi connectivity index (χ4v) is 7.99. The average Bonchev–Trinajstić information content (AvgIpc) is 3.52. The van der Waals surface area contributed by atoms with E-state index in [9.17, 15) is 17.6 Å². The van der Waals surface area contributed by atoms with Crippen LogP contribution in [0.1, 0.15) is 51.8 Å². The molecule has 3 aliphatic rings. The van der Waals surface area contributed by atoms with Crippen LogP contribution in [0.4, 0.5) is 27.8 Å². The number of halogens is 1. The summed E-state index contributed by atoms with van der Waals surface area (Å²) in [6.45, 7) is 11.3. The number of likely N-dealkylation sites (tertiary alicyclic amines) is 1. The van der Waals surface area contributed by atoms with Gasteiger partial charge in [-0.3, -0.25) is 4.79 Å². The van der Waals surface area contributed by atoms with Crippen molar-refractivity contribution in [2.75, 3.05) is 53.3 Å². The molecule has 3 aromatic heterocycles. The third-order valence-electron chi connectivity index (χ3n) is 9.20. The Balaban J connectivity index is 1.30. The van der Waals surface area contributed by atoms with Gasteiger partial charge in [-0.1, -0.05) is 6.58 Å². The minimum absolute atomic E-state index is 0.0147. The first kappa shape index (κ1) is 32.9. The van der Waals surface area contributed by atoms with Crippen molar-refractivity contribution in [3.8, 4) is 0 Å². The first-order chi connectivity index (χ1) is 22.4. The molecular weight excluding hydrogens is 625 g/mol. The molecule has 47 heavy (non-hydrogen) atoms. The van der Waals surface area contributed by atoms with Crippen LogP contribution in [0.25, 0.3) is 10.8 Å². The van der Waals surface area contributed by atoms with Crippen molar-refractivity contribution in [3.05, 3.63) is 42.9 Å². The quantitative estimate of drug-likeness (QED) is 0.315. The first-order valence-corrected chi connectivity index (χ1v) is 18.2. The lowest BCUT2D eigenvalue weighted by Gasteiger charge is -2.47. The van der Waals surface area contributed by atoms with E-state index in [-0.39, 0.29) is 42.3 Å². The van der Waals surface area contributed by atoms with Crippen molar-refractivity contribution < 1.29 is 22.3 Å². The van der Waals surface area contributed by atoms with Crippen molar-refractivity contribution in [2.45, 2.75) is 70.5 Å². The normalized spacial score (nSPS) is 24.9. The van der Waals surface area contributed by atoms with Gasteiger partial charge in [-0.05, 0) is 58.2 Å². The second-order valence-corrected chi connectivity index (χ2v) is 15.2. The molecule has 13 nitrogen and oxygen atoms in total. The van der Waals surface area contributed by atoms with Gasteiger partial charge in [-0.15, -0.1) is 5.10 Å². The van der Waals surface area contributed by atoms with Gasteiger partial charge >= 0.3 is 0 Å². The number of sulfone groups is 1. The maximum absolute atomic E-state index is 14.9. The van der Waals surface area contributed by atoms with Crippen LogP contribution in [-0.2, 0) is 19.4 Å². The number of fused-ring (bicyclic) bond motifs is 1. The van der Waals surface area contributed by atoms with E-state index in [4.69, 9.17) is 4.74 Å². The molecule has 5 atom stereocenters. The molecule has 0 aliphatic carbocycles. The number of aromatic nitrogens is 5. The largest absolute Gasteiger partial charge is 0.372 e. The highest BCUT2D eigenvalue weighted by Crippen LogP contribution is 2.40. The van der Waals surface area contributed by atoms with E-state index >= 15 is 0 Å². The summed E-state index contributed by atoms with van der Waals surface area (Å²) in [6, 6.07) is 3.26. The highest BCUT2D eigenvalue weighted by molar-refractivity contribution is 7.90. The maximum Gasteiger partial charge on any atom is 0.246 e. The smallest absolute Gasteiger partial charge is 0.246 e. The van der Waals surface area contributed by atoms with Crippen LogP contribution in [-0.4, -0.2) is 107 Å². The van der Waals surface area contributed by atoms with Crippen LogP contribution in [0.15, 0.2) is 37.2 Å². The number of carbonyl (C=O) groups is 1. The number of piperidine rings is 1. The molecule has 0 saturated carbocycles. The number of nitrogens with one attached hydrogen (secondary N) is 1. The van der Waals surface area contributed by atoms with Gasteiger partial charge in [0.1, 0.15) is 27.6 Å². The number of amides is 1. The number of carbonyl (C=O) groups excluding carboxylic acids is 1. The number of alkyl halides is 1. The molecule has 3 fully saturated rings. The summed E-state index contributed by atoms with van der Waals surface area (Å²) < 4.78 is 44.6. The van der Waals surface area contributed by atoms with E-state index < -0.39 is 22.1 Å². The molecule has 1 unspecified atom stereocenters. The molecule has 3 aliphatic heterocycles. The topological polar surface area (TPSA) is 147 Å². The average molecular weight is 668 g/mol. The molecule has 0 bridgehead atoms. The third-order valence-corrected chi connectivity index (χ3v) is 10.2. The number of hydrogen-bond acceptors (Lipinski definition) is 12. The van der Waals surface area contributed by atoms with Gasteiger partial charge in [0.15, 0.2) is 5.82 Å². The molecule has 15 heteroatoms. The number of anilines is 4. The fraction of sp³-hybridized carbons (Fsp3) is 0.562. The Kier molecular flexibility index (Phi) is 9.29. The van der Waals surface area contributed by atoms with Crippen molar-refractivity contribution in [2.24, 2.45) is 5.92 Å². The van der Waals surface area contributed by atoms with Crippen LogP contribution in [0.2, 0.25) is 0 Å². The number of pyridine rings is 1. The molecule has 0 aromatic carbocycles. The molecule has 0 spiro atoms. The van der Waals surface area contributed by atoms with Gasteiger partial charge in [-0.2, -0.15) is 10.1 Å². The summed E-state index contributed by atoms with van der Waals surface area (Å²) in [4.78, 5) is 32.1. The Hall–Kier alpha value is -3.98. The lowest BCUT2D eigenvalue weighted by atomic mass is 9.91. The van der Waals surface area contributed by atoms with Crippen LogP contribution in [0.3, 0.4) is 0 Å². The van der Waals surface area contributed by atoms with Crippen molar-refractivity contribution in [1.29, 1.82) is 0 Å². The Morgan fingerprint density at radius 2 is 1.98 bits per heavy atom. The van der Waals surface area contributed by atoms with E-state index in [1.807, 2.05) is 31.7 Å². The summed E-state index contributed by atoms with van der Waals surface area (Å²) in [6.07, 6.45) is 6.38. The van der Waals surface area contributed by atoms with Gasteiger partial charge in [0, 0.05) is 61.0 Å². The summed E-state index contributed by atoms with van der Waals surface area (Å²) >= 11 is 0. The predicted octanol–water partition coefficient (Wildman–Crippen LogP) is 3.62. The highest BCUT2D eigenvalue weighted by atomic mass is 32.2. The highest BCUT2D eigenvalue weighted by Gasteiger charge is 2.40. The second-order valence-electron chi connectivity index (χ2n) is 13.0. The van der Waals surface area contributed by atoms with Gasteiger partial charge < -0.3 is 24.8 Å². The zero-order valence-electron chi connectivity index (χ0n) is 27.2. The SMILES string of the molecule is C=CC(=O)N1CCCC1c1nnc(N2C[C@H](CS(C)(=O)=O)[C@H]2C)c2cnc(Nc3ccnc(N4CC[C@@H](OC(C)C)[C@@H](F)C4)n3)cc12. The molecule has 3 saturated heterocycles. The van der Waals surface area contributed by atoms with E-state index in [2.05, 4.69) is 41.9 Å². The first-order valence-electron chi connectivity index (χ1n) is 16.1. The number of ether oxygens (including phenoxy) is 1.